The van der Waals surface area contributed by atoms with Gasteiger partial charge in [-0.3, -0.25) is 4.79 Å². The molecule has 2 atom stereocenters. The molecule has 1 saturated heterocycles. The van der Waals surface area contributed by atoms with Crippen LogP contribution in [0.15, 0.2) is 18.2 Å². The number of aliphatic hydroxyl groups excluding tert-OH is 1. The Balaban J connectivity index is 1.90. The van der Waals surface area contributed by atoms with Crippen molar-refractivity contribution in [2.75, 3.05) is 23.3 Å². The number of nitrogens with one attached hydrogen (secondary N) is 1. The summed E-state index contributed by atoms with van der Waals surface area (Å²) in [6.45, 7) is 4.38. The van der Waals surface area contributed by atoms with Gasteiger partial charge in [0.25, 0.3) is 5.91 Å². The molecule has 2 unspecified atom stereocenters. The molecule has 1 aromatic rings. The van der Waals surface area contributed by atoms with Crippen molar-refractivity contribution in [2.45, 2.75) is 19.4 Å². The maximum Gasteiger partial charge on any atom is 0.257 e. The van der Waals surface area contributed by atoms with Crippen LogP contribution in [-0.4, -0.2) is 24.1 Å². The van der Waals surface area contributed by atoms with Crippen LogP contribution in [0.25, 0.3) is 0 Å². The molecular weight excluding hydrogens is 216 g/mol. The van der Waals surface area contributed by atoms with Gasteiger partial charge in [-0.25, -0.2) is 0 Å². The van der Waals surface area contributed by atoms with E-state index in [-0.39, 0.29) is 5.91 Å². The Morgan fingerprint density at radius 3 is 3.00 bits per heavy atom. The predicted molar refractivity (Wildman–Crippen MR) is 66.0 cm³/mol. The number of nitrogens with zero attached hydrogens (tertiary/aromatic N) is 1. The molecule has 90 valence electrons. The average molecular weight is 232 g/mol. The van der Waals surface area contributed by atoms with Gasteiger partial charge in [0, 0.05) is 30.0 Å². The van der Waals surface area contributed by atoms with E-state index < -0.39 is 6.10 Å². The zero-order chi connectivity index (χ0) is 12.0. The third-order valence-corrected chi connectivity index (χ3v) is 3.63. The van der Waals surface area contributed by atoms with E-state index in [1.165, 1.54) is 6.42 Å². The van der Waals surface area contributed by atoms with E-state index in [1.54, 1.807) is 0 Å². The predicted octanol–water partition coefficient (Wildman–Crippen LogP) is 1.52. The van der Waals surface area contributed by atoms with Crippen molar-refractivity contribution in [1.29, 1.82) is 0 Å². The Hall–Kier alpha value is -1.55. The fourth-order valence-electron chi connectivity index (χ4n) is 2.60. The summed E-state index contributed by atoms with van der Waals surface area (Å²) in [4.78, 5) is 13.7. The molecule has 1 aromatic carbocycles. The van der Waals surface area contributed by atoms with Crippen LogP contribution >= 0.6 is 0 Å². The van der Waals surface area contributed by atoms with Crippen molar-refractivity contribution in [2.24, 2.45) is 5.92 Å². The van der Waals surface area contributed by atoms with Crippen molar-refractivity contribution in [1.82, 2.24) is 0 Å². The highest BCUT2D eigenvalue weighted by Crippen LogP contribution is 2.35. The molecule has 0 aromatic heterocycles. The van der Waals surface area contributed by atoms with E-state index in [1.807, 2.05) is 18.2 Å². The second-order valence-electron chi connectivity index (χ2n) is 5.00. The monoisotopic (exact) mass is 232 g/mol. The number of hydrogen-bond acceptors (Lipinski definition) is 3. The third kappa shape index (κ3) is 1.69. The Bertz CT molecular complexity index is 472. The maximum absolute atomic E-state index is 11.3. The number of anilines is 2. The van der Waals surface area contributed by atoms with E-state index in [0.29, 0.717) is 5.56 Å². The number of amides is 1. The molecule has 2 aliphatic rings. The largest absolute Gasteiger partial charge is 0.378 e. The van der Waals surface area contributed by atoms with Crippen LogP contribution in [0.2, 0.25) is 0 Å². The summed E-state index contributed by atoms with van der Waals surface area (Å²) >= 11 is 0. The topological polar surface area (TPSA) is 52.6 Å². The van der Waals surface area contributed by atoms with Crippen LogP contribution in [0.4, 0.5) is 11.4 Å². The van der Waals surface area contributed by atoms with Crippen LogP contribution in [0.5, 0.6) is 0 Å². The van der Waals surface area contributed by atoms with Gasteiger partial charge >= 0.3 is 0 Å². The first kappa shape index (κ1) is 10.6. The molecular formula is C13H16N2O2. The summed E-state index contributed by atoms with van der Waals surface area (Å²) in [5.41, 5.74) is 2.56. The smallest absolute Gasteiger partial charge is 0.257 e. The van der Waals surface area contributed by atoms with E-state index in [0.717, 1.165) is 30.4 Å². The van der Waals surface area contributed by atoms with Gasteiger partial charge in [-0.05, 0) is 24.5 Å². The maximum atomic E-state index is 11.3. The fraction of sp³-hybridized carbons (Fsp3) is 0.462. The summed E-state index contributed by atoms with van der Waals surface area (Å²) in [7, 11) is 0. The third-order valence-electron chi connectivity index (χ3n) is 3.63. The zero-order valence-electron chi connectivity index (χ0n) is 9.81. The first-order chi connectivity index (χ1) is 8.15. The molecule has 0 aliphatic carbocycles. The van der Waals surface area contributed by atoms with Crippen LogP contribution in [0, 0.1) is 5.92 Å². The molecule has 2 heterocycles. The van der Waals surface area contributed by atoms with Crippen molar-refractivity contribution in [3.05, 3.63) is 23.8 Å². The normalized spacial score (nSPS) is 27.2. The molecule has 4 nitrogen and oxygen atoms in total. The lowest BCUT2D eigenvalue weighted by Crippen LogP contribution is -2.18. The summed E-state index contributed by atoms with van der Waals surface area (Å²) in [6.07, 6.45) is 0.211. The molecule has 0 saturated carbocycles. The lowest BCUT2D eigenvalue weighted by atomic mass is 10.1. The summed E-state index contributed by atoms with van der Waals surface area (Å²) in [5, 5.41) is 12.3. The molecule has 0 bridgehead atoms. The zero-order valence-corrected chi connectivity index (χ0v) is 9.81. The van der Waals surface area contributed by atoms with E-state index in [2.05, 4.69) is 17.1 Å². The standard InChI is InChI=1S/C13H16N2O2/c1-8-4-5-15(7-8)9-2-3-10-11(6-9)14-13(17)12(10)16/h2-3,6,8,12,16H,4-5,7H2,1H3,(H,14,17). The second-order valence-corrected chi connectivity index (χ2v) is 5.00. The Morgan fingerprint density at radius 2 is 2.29 bits per heavy atom. The minimum Gasteiger partial charge on any atom is -0.378 e. The molecule has 1 amide bonds. The molecule has 3 rings (SSSR count). The van der Waals surface area contributed by atoms with Gasteiger partial charge in [0.1, 0.15) is 0 Å². The van der Waals surface area contributed by atoms with E-state index in [9.17, 15) is 9.90 Å². The molecule has 4 heteroatoms. The number of hydrogen-bond donors (Lipinski definition) is 2. The van der Waals surface area contributed by atoms with Crippen LogP contribution in [-0.2, 0) is 4.79 Å². The van der Waals surface area contributed by atoms with Gasteiger partial charge in [-0.15, -0.1) is 0 Å². The second kappa shape index (κ2) is 3.74. The van der Waals surface area contributed by atoms with Gasteiger partial charge in [0.2, 0.25) is 0 Å². The van der Waals surface area contributed by atoms with Crippen molar-refractivity contribution in [3.8, 4) is 0 Å². The number of benzene rings is 1. The summed E-state index contributed by atoms with van der Waals surface area (Å²) in [6, 6.07) is 5.79. The molecule has 1 fully saturated rings. The van der Waals surface area contributed by atoms with Crippen LogP contribution in [0.1, 0.15) is 25.0 Å². The first-order valence-corrected chi connectivity index (χ1v) is 6.03. The Labute approximate surface area is 100 Å². The minimum absolute atomic E-state index is 0.327. The molecule has 2 N–H and O–H groups in total. The SMILES string of the molecule is CC1CCN(c2ccc3c(c2)NC(=O)C3O)C1. The number of carbonyl (C=O) groups excluding carboxylic acids is 1. The summed E-state index contributed by atoms with van der Waals surface area (Å²) in [5.74, 6) is 0.398. The number of carbonyl (C=O) groups is 1. The highest BCUT2D eigenvalue weighted by Gasteiger charge is 2.29. The minimum atomic E-state index is -1.00. The Kier molecular flexibility index (Phi) is 2.33. The number of rotatable bonds is 1. The molecule has 0 spiro atoms. The van der Waals surface area contributed by atoms with Crippen molar-refractivity contribution in [3.63, 3.8) is 0 Å². The van der Waals surface area contributed by atoms with Crippen LogP contribution in [0.3, 0.4) is 0 Å². The van der Waals surface area contributed by atoms with Crippen molar-refractivity contribution >= 4 is 17.3 Å². The lowest BCUT2D eigenvalue weighted by Gasteiger charge is -2.19. The van der Waals surface area contributed by atoms with Gasteiger partial charge in [0.15, 0.2) is 6.10 Å². The van der Waals surface area contributed by atoms with Gasteiger partial charge in [-0.1, -0.05) is 13.0 Å². The number of aliphatic hydroxyl groups is 1. The van der Waals surface area contributed by atoms with Gasteiger partial charge in [0.05, 0.1) is 0 Å². The highest BCUT2D eigenvalue weighted by atomic mass is 16.3. The molecule has 0 radical (unpaired) electrons. The quantitative estimate of drug-likeness (QED) is 0.772. The fourth-order valence-corrected chi connectivity index (χ4v) is 2.60. The molecule has 2 aliphatic heterocycles. The average Bonchev–Trinajstić information content (AvgIpc) is 2.85. The van der Waals surface area contributed by atoms with E-state index >= 15 is 0 Å². The lowest BCUT2D eigenvalue weighted by molar-refractivity contribution is -0.123. The van der Waals surface area contributed by atoms with E-state index in [4.69, 9.17) is 0 Å². The summed E-state index contributed by atoms with van der Waals surface area (Å²) < 4.78 is 0. The molecule has 17 heavy (non-hydrogen) atoms. The van der Waals surface area contributed by atoms with Gasteiger partial charge < -0.3 is 15.3 Å². The first-order valence-electron chi connectivity index (χ1n) is 6.03. The van der Waals surface area contributed by atoms with Crippen molar-refractivity contribution < 1.29 is 9.90 Å². The Morgan fingerprint density at radius 1 is 1.47 bits per heavy atom. The van der Waals surface area contributed by atoms with Gasteiger partial charge in [-0.2, -0.15) is 0 Å². The number of fused-ring (bicyclic) bond motifs is 1. The van der Waals surface area contributed by atoms with Crippen LogP contribution < -0.4 is 10.2 Å². The highest BCUT2D eigenvalue weighted by molar-refractivity contribution is 6.02.